The van der Waals surface area contributed by atoms with Gasteiger partial charge in [0.05, 0.1) is 5.69 Å². The van der Waals surface area contributed by atoms with Crippen LogP contribution in [0.4, 0.5) is 0 Å². The van der Waals surface area contributed by atoms with Crippen molar-refractivity contribution in [3.05, 3.63) is 29.1 Å². The van der Waals surface area contributed by atoms with Crippen LogP contribution in [0.5, 0.6) is 0 Å². The number of nitrogens with one attached hydrogen (secondary N) is 1. The number of aryl methyl sites for hydroxylation is 1. The van der Waals surface area contributed by atoms with E-state index >= 15 is 0 Å². The molecule has 0 aliphatic heterocycles. The van der Waals surface area contributed by atoms with Crippen LogP contribution in [-0.4, -0.2) is 21.3 Å². The highest BCUT2D eigenvalue weighted by molar-refractivity contribution is 5.60. The number of aromatic nitrogens is 1. The molecule has 0 bridgehead atoms. The molecule has 0 saturated carbocycles. The Hall–Kier alpha value is -1.06. The predicted octanol–water partition coefficient (Wildman–Crippen LogP) is 0.744. The van der Waals surface area contributed by atoms with Crippen molar-refractivity contribution in [3.63, 3.8) is 0 Å². The van der Waals surface area contributed by atoms with Crippen molar-refractivity contribution >= 4 is 6.08 Å². The summed E-state index contributed by atoms with van der Waals surface area (Å²) >= 11 is 0. The Morgan fingerprint density at radius 1 is 1.42 bits per heavy atom. The molecule has 1 aliphatic rings. The van der Waals surface area contributed by atoms with Gasteiger partial charge in [-0.2, -0.15) is 0 Å². The summed E-state index contributed by atoms with van der Waals surface area (Å²) in [5.41, 5.74) is 2.79. The first-order valence-electron chi connectivity index (χ1n) is 3.92. The summed E-state index contributed by atoms with van der Waals surface area (Å²) in [5.74, 6) is 0. The lowest BCUT2D eigenvalue weighted by Crippen LogP contribution is -2.19. The molecule has 64 valence electrons. The lowest BCUT2D eigenvalue weighted by atomic mass is 9.98. The van der Waals surface area contributed by atoms with E-state index in [1.807, 2.05) is 19.2 Å². The van der Waals surface area contributed by atoms with E-state index in [4.69, 9.17) is 0 Å². The summed E-state index contributed by atoms with van der Waals surface area (Å²) in [7, 11) is 0. The first-order chi connectivity index (χ1) is 5.70. The van der Waals surface area contributed by atoms with Crippen LogP contribution in [0.1, 0.15) is 22.9 Å². The fourth-order valence-electron chi connectivity index (χ4n) is 1.49. The van der Waals surface area contributed by atoms with E-state index in [0.717, 1.165) is 11.1 Å². The zero-order chi connectivity index (χ0) is 8.72. The lowest BCUT2D eigenvalue weighted by Gasteiger charge is -2.18. The molecule has 3 heteroatoms. The topological polar surface area (TPSA) is 56.2 Å². The van der Waals surface area contributed by atoms with Gasteiger partial charge in [-0.05, 0) is 12.5 Å². The molecule has 12 heavy (non-hydrogen) atoms. The molecule has 2 unspecified atom stereocenters. The highest BCUT2D eigenvalue weighted by atomic mass is 16.3. The molecule has 1 heterocycles. The first kappa shape index (κ1) is 7.58. The summed E-state index contributed by atoms with van der Waals surface area (Å²) in [5, 5.41) is 18.8. The number of hydrogen-bond donors (Lipinski definition) is 3. The van der Waals surface area contributed by atoms with Crippen LogP contribution in [0.2, 0.25) is 0 Å². The minimum absolute atomic E-state index is 0.711. The van der Waals surface area contributed by atoms with Crippen LogP contribution >= 0.6 is 0 Å². The highest BCUT2D eigenvalue weighted by Gasteiger charge is 2.24. The Bertz CT molecular complexity index is 327. The van der Waals surface area contributed by atoms with Crippen molar-refractivity contribution in [1.29, 1.82) is 0 Å². The fraction of sp³-hybridized carbons (Fsp3) is 0.333. The van der Waals surface area contributed by atoms with Crippen LogP contribution in [0.25, 0.3) is 6.08 Å². The molecule has 3 N–H and O–H groups in total. The zero-order valence-corrected chi connectivity index (χ0v) is 6.78. The molecule has 0 amide bonds. The van der Waals surface area contributed by atoms with Crippen molar-refractivity contribution < 1.29 is 10.2 Å². The van der Waals surface area contributed by atoms with E-state index in [1.54, 1.807) is 6.08 Å². The van der Waals surface area contributed by atoms with Crippen molar-refractivity contribution in [1.82, 2.24) is 4.98 Å². The number of hydrogen-bond acceptors (Lipinski definition) is 2. The summed E-state index contributed by atoms with van der Waals surface area (Å²) in [6, 6.07) is 0. The van der Waals surface area contributed by atoms with Gasteiger partial charge in [0, 0.05) is 11.8 Å². The van der Waals surface area contributed by atoms with Crippen LogP contribution in [0.15, 0.2) is 12.3 Å². The van der Waals surface area contributed by atoms with Gasteiger partial charge in [-0.25, -0.2) is 0 Å². The van der Waals surface area contributed by atoms with Crippen LogP contribution in [-0.2, 0) is 0 Å². The molecule has 2 atom stereocenters. The third kappa shape index (κ3) is 0.906. The second-order valence-electron chi connectivity index (χ2n) is 3.09. The summed E-state index contributed by atoms with van der Waals surface area (Å²) in [6.45, 7) is 1.96. The Kier molecular flexibility index (Phi) is 1.56. The second-order valence-corrected chi connectivity index (χ2v) is 3.09. The summed E-state index contributed by atoms with van der Waals surface area (Å²) in [6.07, 6.45) is 3.68. The van der Waals surface area contributed by atoms with E-state index in [2.05, 4.69) is 4.98 Å². The molecule has 1 aromatic heterocycles. The van der Waals surface area contributed by atoms with Gasteiger partial charge in [-0.3, -0.25) is 0 Å². The molecule has 1 aromatic rings. The smallest absolute Gasteiger partial charge is 0.124 e. The van der Waals surface area contributed by atoms with Gasteiger partial charge in [0.2, 0.25) is 0 Å². The predicted molar refractivity (Wildman–Crippen MR) is 45.5 cm³/mol. The van der Waals surface area contributed by atoms with Gasteiger partial charge >= 0.3 is 0 Å². The van der Waals surface area contributed by atoms with E-state index in [1.165, 1.54) is 0 Å². The van der Waals surface area contributed by atoms with Crippen LogP contribution < -0.4 is 0 Å². The number of H-pyrrole nitrogens is 1. The normalized spacial score (nSPS) is 27.2. The maximum Gasteiger partial charge on any atom is 0.124 e. The maximum atomic E-state index is 9.51. The third-order valence-corrected chi connectivity index (χ3v) is 2.24. The molecule has 0 spiro atoms. The number of fused-ring (bicyclic) bond motifs is 1. The quantitative estimate of drug-likeness (QED) is 0.531. The van der Waals surface area contributed by atoms with Crippen molar-refractivity contribution in [3.8, 4) is 0 Å². The molecule has 0 saturated heterocycles. The van der Waals surface area contributed by atoms with Gasteiger partial charge in [0.25, 0.3) is 0 Å². The van der Waals surface area contributed by atoms with Crippen molar-refractivity contribution in [2.45, 2.75) is 19.1 Å². The van der Waals surface area contributed by atoms with Gasteiger partial charge in [-0.1, -0.05) is 12.2 Å². The number of rotatable bonds is 0. The maximum absolute atomic E-state index is 9.51. The van der Waals surface area contributed by atoms with Gasteiger partial charge in [-0.15, -0.1) is 0 Å². The highest BCUT2D eigenvalue weighted by Crippen LogP contribution is 2.28. The molecule has 0 radical (unpaired) electrons. The number of aliphatic hydroxyl groups excluding tert-OH is 2. The van der Waals surface area contributed by atoms with E-state index in [0.29, 0.717) is 5.69 Å². The first-order valence-corrected chi connectivity index (χ1v) is 3.92. The number of aromatic amines is 1. The molecule has 0 fully saturated rings. The Labute approximate surface area is 70.4 Å². The van der Waals surface area contributed by atoms with Crippen LogP contribution in [0, 0.1) is 6.92 Å². The SMILES string of the molecule is Cc1c[nH]c2c1C=CC(O)C2O. The Balaban J connectivity index is 2.53. The molecule has 1 aliphatic carbocycles. The lowest BCUT2D eigenvalue weighted by molar-refractivity contribution is 0.0444. The largest absolute Gasteiger partial charge is 0.386 e. The molecular weight excluding hydrogens is 154 g/mol. The average molecular weight is 165 g/mol. The van der Waals surface area contributed by atoms with Gasteiger partial charge in [0.1, 0.15) is 12.2 Å². The Morgan fingerprint density at radius 2 is 2.17 bits per heavy atom. The molecule has 0 aromatic carbocycles. The summed E-state index contributed by atoms with van der Waals surface area (Å²) in [4.78, 5) is 2.94. The van der Waals surface area contributed by atoms with Crippen LogP contribution in [0.3, 0.4) is 0 Å². The Morgan fingerprint density at radius 3 is 2.92 bits per heavy atom. The number of aliphatic hydroxyl groups is 2. The third-order valence-electron chi connectivity index (χ3n) is 2.24. The second kappa shape index (κ2) is 2.47. The molecule has 2 rings (SSSR count). The minimum atomic E-state index is -0.807. The average Bonchev–Trinajstić information content (AvgIpc) is 2.41. The molecule has 3 nitrogen and oxygen atoms in total. The van der Waals surface area contributed by atoms with E-state index < -0.39 is 12.2 Å². The standard InChI is InChI=1S/C9H11NO2/c1-5-4-10-8-6(5)2-3-7(11)9(8)12/h2-4,7,9-12H,1H3. The van der Waals surface area contributed by atoms with E-state index in [9.17, 15) is 10.2 Å². The monoisotopic (exact) mass is 165 g/mol. The fourth-order valence-corrected chi connectivity index (χ4v) is 1.49. The van der Waals surface area contributed by atoms with Crippen molar-refractivity contribution in [2.24, 2.45) is 0 Å². The van der Waals surface area contributed by atoms with Gasteiger partial charge < -0.3 is 15.2 Å². The minimum Gasteiger partial charge on any atom is -0.386 e. The van der Waals surface area contributed by atoms with Gasteiger partial charge in [0.15, 0.2) is 0 Å². The van der Waals surface area contributed by atoms with Crippen molar-refractivity contribution in [2.75, 3.05) is 0 Å². The van der Waals surface area contributed by atoms with E-state index in [-0.39, 0.29) is 0 Å². The molecular formula is C9H11NO2. The summed E-state index contributed by atoms with van der Waals surface area (Å²) < 4.78 is 0. The zero-order valence-electron chi connectivity index (χ0n) is 6.78.